The van der Waals surface area contributed by atoms with Crippen molar-refractivity contribution in [2.75, 3.05) is 17.2 Å². The Morgan fingerprint density at radius 1 is 1.13 bits per heavy atom. The first-order valence-corrected chi connectivity index (χ1v) is 15.3. The third kappa shape index (κ3) is 7.90. The fraction of sp³-hybridized carbons (Fsp3) is 0.500. The molecule has 12 nitrogen and oxygen atoms in total. The van der Waals surface area contributed by atoms with Gasteiger partial charge in [-0.2, -0.15) is 4.68 Å². The van der Waals surface area contributed by atoms with Gasteiger partial charge in [0.05, 0.1) is 23.0 Å². The number of ether oxygens (including phenoxy) is 3. The topological polar surface area (TPSA) is 146 Å². The lowest BCUT2D eigenvalue weighted by Gasteiger charge is -2.29. The Kier molecular flexibility index (Phi) is 11.0. The van der Waals surface area contributed by atoms with Crippen molar-refractivity contribution >= 4 is 23.4 Å². The maximum absolute atomic E-state index is 15.9. The Balaban J connectivity index is 1.76. The number of hydrogen-bond donors (Lipinski definition) is 3. The average Bonchev–Trinajstić information content (AvgIpc) is 3.29. The molecule has 244 valence electrons. The predicted molar refractivity (Wildman–Crippen MR) is 167 cm³/mol. The van der Waals surface area contributed by atoms with Gasteiger partial charge in [-0.25, -0.2) is 14.0 Å². The van der Waals surface area contributed by atoms with E-state index in [1.54, 1.807) is 32.9 Å². The van der Waals surface area contributed by atoms with Crippen LogP contribution in [-0.2, 0) is 16.5 Å². The molecule has 3 aromatic rings. The van der Waals surface area contributed by atoms with Crippen molar-refractivity contribution in [1.29, 1.82) is 0 Å². The number of nitrogens with zero attached hydrogens (tertiary/aromatic N) is 3. The van der Waals surface area contributed by atoms with E-state index in [4.69, 9.17) is 14.2 Å². The molecule has 0 saturated heterocycles. The molecule has 3 N–H and O–H groups in total. The van der Waals surface area contributed by atoms with Gasteiger partial charge < -0.3 is 24.6 Å². The minimum atomic E-state index is -1.30. The number of benzene rings is 2. The van der Waals surface area contributed by atoms with Gasteiger partial charge in [-0.15, -0.1) is 5.10 Å². The molecule has 2 amide bonds. The van der Waals surface area contributed by atoms with Gasteiger partial charge in [0.15, 0.2) is 12.1 Å². The molecule has 1 aromatic heterocycles. The molecule has 2 aromatic carbocycles. The molecular weight excluding hydrogens is 585 g/mol. The van der Waals surface area contributed by atoms with E-state index in [0.29, 0.717) is 12.2 Å². The lowest BCUT2D eigenvalue weighted by molar-refractivity contribution is -0.156. The molecule has 1 heterocycles. The first kappa shape index (κ1) is 33.7. The van der Waals surface area contributed by atoms with Crippen molar-refractivity contribution in [3.8, 4) is 11.4 Å². The summed E-state index contributed by atoms with van der Waals surface area (Å²) >= 11 is 0. The number of para-hydroxylation sites is 1. The smallest absolute Gasteiger partial charge is 0.409 e. The van der Waals surface area contributed by atoms with Gasteiger partial charge in [-0.3, -0.25) is 14.7 Å². The predicted octanol–water partition coefficient (Wildman–Crippen LogP) is 6.17. The summed E-state index contributed by atoms with van der Waals surface area (Å²) in [5, 5.41) is 18.7. The maximum Gasteiger partial charge on any atom is 0.409 e. The molecule has 0 spiro atoms. The van der Waals surface area contributed by atoms with Crippen molar-refractivity contribution in [3.63, 3.8) is 0 Å². The zero-order chi connectivity index (χ0) is 32.8. The Labute approximate surface area is 261 Å². The van der Waals surface area contributed by atoms with Crippen LogP contribution in [0.1, 0.15) is 87.6 Å². The van der Waals surface area contributed by atoms with E-state index < -0.39 is 35.9 Å². The molecule has 4 rings (SSSR count). The molecule has 3 unspecified atom stereocenters. The third-order valence-electron chi connectivity index (χ3n) is 8.08. The monoisotopic (exact) mass is 627 g/mol. The summed E-state index contributed by atoms with van der Waals surface area (Å²) < 4.78 is 35.7. The van der Waals surface area contributed by atoms with E-state index in [-0.39, 0.29) is 46.2 Å². The molecule has 0 bridgehead atoms. The molecule has 1 aliphatic rings. The zero-order valence-electron chi connectivity index (χ0n) is 26.6. The fourth-order valence-electron chi connectivity index (χ4n) is 5.70. The fourth-order valence-corrected chi connectivity index (χ4v) is 5.70. The number of anilines is 2. The van der Waals surface area contributed by atoms with Gasteiger partial charge in [-0.1, -0.05) is 31.4 Å². The number of hydrogen-bond acceptors (Lipinski definition) is 7. The number of carbonyl (C=O) groups excluding carboxylic acids is 1. The molecule has 0 aliphatic heterocycles. The third-order valence-corrected chi connectivity index (χ3v) is 8.08. The van der Waals surface area contributed by atoms with Crippen LogP contribution in [0.2, 0.25) is 0 Å². The summed E-state index contributed by atoms with van der Waals surface area (Å²) in [6.07, 6.45) is 2.41. The van der Waals surface area contributed by atoms with Crippen molar-refractivity contribution in [1.82, 2.24) is 14.3 Å². The molecule has 1 aliphatic carbocycles. The first-order valence-electron chi connectivity index (χ1n) is 15.3. The number of aryl methyl sites for hydroxylation is 1. The molecular formula is C32H42FN5O7. The van der Waals surface area contributed by atoms with Crippen molar-refractivity contribution in [2.24, 2.45) is 13.0 Å². The minimum Gasteiger partial charge on any atom is -0.490 e. The van der Waals surface area contributed by atoms with Crippen molar-refractivity contribution in [3.05, 3.63) is 63.6 Å². The van der Waals surface area contributed by atoms with E-state index in [2.05, 4.69) is 15.7 Å². The second-order valence-corrected chi connectivity index (χ2v) is 11.3. The molecule has 3 atom stereocenters. The summed E-state index contributed by atoms with van der Waals surface area (Å²) in [6.45, 7) is 9.34. The lowest BCUT2D eigenvalue weighted by atomic mass is 9.86. The van der Waals surface area contributed by atoms with Crippen LogP contribution in [0.3, 0.4) is 0 Å². The average molecular weight is 628 g/mol. The molecule has 1 fully saturated rings. The highest BCUT2D eigenvalue weighted by Crippen LogP contribution is 2.34. The maximum atomic E-state index is 15.9. The van der Waals surface area contributed by atoms with Crippen molar-refractivity contribution < 1.29 is 33.3 Å². The summed E-state index contributed by atoms with van der Waals surface area (Å²) in [5.41, 5.74) is 0.0480. The number of halogens is 1. The SMILES string of the molecule is CCOC(C)OC(C)c1nn(-c2cc(OC(C)C3CCCCC3)c(C(=O)Nc3c(C)cccc3NC(=O)O)cc2F)c(=O)n1C. The second kappa shape index (κ2) is 14.7. The van der Waals surface area contributed by atoms with E-state index in [1.807, 2.05) is 13.8 Å². The normalized spacial score (nSPS) is 15.7. The number of amides is 2. The number of carboxylic acid groups (broad SMARTS) is 1. The van der Waals surface area contributed by atoms with Gasteiger partial charge in [0.2, 0.25) is 0 Å². The van der Waals surface area contributed by atoms with Gasteiger partial charge in [0, 0.05) is 19.7 Å². The van der Waals surface area contributed by atoms with Crippen molar-refractivity contribution in [2.45, 2.75) is 85.2 Å². The number of carbonyl (C=O) groups is 2. The molecule has 13 heteroatoms. The summed E-state index contributed by atoms with van der Waals surface area (Å²) in [5.74, 6) is -1.04. The van der Waals surface area contributed by atoms with Crippen LogP contribution in [0.5, 0.6) is 5.75 Å². The quantitative estimate of drug-likeness (QED) is 0.202. The zero-order valence-corrected chi connectivity index (χ0v) is 26.6. The summed E-state index contributed by atoms with van der Waals surface area (Å²) in [7, 11) is 1.51. The Morgan fingerprint density at radius 3 is 2.51 bits per heavy atom. The van der Waals surface area contributed by atoms with Gasteiger partial charge in [0.25, 0.3) is 5.91 Å². The standard InChI is InChI=1S/C32H42FN5O7/c1-7-43-21(5)44-20(4)29-36-38(32(42)37(29)6)26-17-27(45-19(3)22-13-9-8-10-14-22)23(16-24(26)33)30(39)35-28-18(2)12-11-15-25(28)34-31(40)41/h11-12,15-17,19-22,34H,7-10,13-14H2,1-6H3,(H,35,39)(H,40,41). The Hall–Kier alpha value is -4.23. The number of nitrogens with one attached hydrogen (secondary N) is 2. The van der Waals surface area contributed by atoms with Gasteiger partial charge in [0.1, 0.15) is 23.4 Å². The van der Waals surface area contributed by atoms with Crippen LogP contribution in [0.4, 0.5) is 20.6 Å². The molecule has 1 saturated carbocycles. The van der Waals surface area contributed by atoms with Crippen LogP contribution in [0, 0.1) is 18.7 Å². The first-order chi connectivity index (χ1) is 21.4. The van der Waals surface area contributed by atoms with Crippen LogP contribution in [-0.4, -0.2) is 50.5 Å². The molecule has 0 radical (unpaired) electrons. The van der Waals surface area contributed by atoms with E-state index in [9.17, 15) is 19.5 Å². The Bertz CT molecular complexity index is 1580. The van der Waals surface area contributed by atoms with E-state index in [1.165, 1.54) is 23.7 Å². The second-order valence-electron chi connectivity index (χ2n) is 11.3. The van der Waals surface area contributed by atoms with Crippen LogP contribution in [0.15, 0.2) is 35.1 Å². The van der Waals surface area contributed by atoms with Crippen LogP contribution < -0.4 is 21.1 Å². The lowest BCUT2D eigenvalue weighted by Crippen LogP contribution is -2.28. The van der Waals surface area contributed by atoms with Crippen LogP contribution in [0.25, 0.3) is 5.69 Å². The molecule has 45 heavy (non-hydrogen) atoms. The Morgan fingerprint density at radius 2 is 1.84 bits per heavy atom. The highest BCUT2D eigenvalue weighted by Gasteiger charge is 2.28. The highest BCUT2D eigenvalue weighted by molar-refractivity contribution is 6.09. The van der Waals surface area contributed by atoms with E-state index >= 15 is 4.39 Å². The van der Waals surface area contributed by atoms with Gasteiger partial charge >= 0.3 is 11.8 Å². The number of rotatable bonds is 12. The summed E-state index contributed by atoms with van der Waals surface area (Å²) in [4.78, 5) is 38.4. The van der Waals surface area contributed by atoms with Gasteiger partial charge in [-0.05, 0) is 71.1 Å². The number of aromatic nitrogens is 3. The largest absolute Gasteiger partial charge is 0.490 e. The summed E-state index contributed by atoms with van der Waals surface area (Å²) in [6, 6.07) is 7.18. The van der Waals surface area contributed by atoms with Crippen LogP contribution >= 0.6 is 0 Å². The highest BCUT2D eigenvalue weighted by atomic mass is 19.1. The minimum absolute atomic E-state index is 0.0664. The van der Waals surface area contributed by atoms with E-state index in [0.717, 1.165) is 42.9 Å².